The van der Waals surface area contributed by atoms with E-state index >= 15 is 0 Å². The lowest BCUT2D eigenvalue weighted by Gasteiger charge is -2.11. The highest BCUT2D eigenvalue weighted by Gasteiger charge is 2.29. The minimum Gasteiger partial charge on any atom is -0.496 e. The molecule has 0 bridgehead atoms. The Morgan fingerprint density at radius 1 is 1.53 bits per heavy atom. The molecule has 0 atom stereocenters. The van der Waals surface area contributed by atoms with Gasteiger partial charge in [-0.25, -0.2) is 0 Å². The van der Waals surface area contributed by atoms with Crippen LogP contribution in [0.3, 0.4) is 0 Å². The molecule has 0 heterocycles. The lowest BCUT2D eigenvalue weighted by molar-refractivity contribution is 0.0985. The van der Waals surface area contributed by atoms with Crippen molar-refractivity contribution < 1.29 is 9.53 Å². The molecule has 0 unspecified atom stereocenters. The van der Waals surface area contributed by atoms with Crippen molar-refractivity contribution in [3.05, 3.63) is 28.3 Å². The summed E-state index contributed by atoms with van der Waals surface area (Å²) in [4.78, 5) is 11.8. The number of ether oxygens (including phenoxy) is 1. The van der Waals surface area contributed by atoms with Gasteiger partial charge in [0, 0.05) is 22.6 Å². The minimum absolute atomic E-state index is 0.00930. The van der Waals surface area contributed by atoms with Gasteiger partial charge in [-0.3, -0.25) is 4.79 Å². The zero-order valence-electron chi connectivity index (χ0n) is 9.83. The van der Waals surface area contributed by atoms with Gasteiger partial charge in [-0.05, 0) is 37.4 Å². The Balaban J connectivity index is 2.37. The normalized spacial score (nSPS) is 14.8. The van der Waals surface area contributed by atoms with E-state index in [1.807, 2.05) is 0 Å². The van der Waals surface area contributed by atoms with Gasteiger partial charge in [0.05, 0.1) is 7.11 Å². The SMILES string of the molecule is COc1cc(C(=O)CCN)cc(Cl)c1C1CC1. The van der Waals surface area contributed by atoms with E-state index in [4.69, 9.17) is 22.1 Å². The number of benzene rings is 1. The fourth-order valence-corrected chi connectivity index (χ4v) is 2.33. The molecular weight excluding hydrogens is 238 g/mol. The second-order valence-electron chi connectivity index (χ2n) is 4.31. The number of nitrogens with two attached hydrogens (primary N) is 1. The smallest absolute Gasteiger partial charge is 0.164 e. The van der Waals surface area contributed by atoms with Gasteiger partial charge >= 0.3 is 0 Å². The van der Waals surface area contributed by atoms with Crippen LogP contribution in [0.4, 0.5) is 0 Å². The largest absolute Gasteiger partial charge is 0.496 e. The van der Waals surface area contributed by atoms with E-state index in [0.29, 0.717) is 29.5 Å². The van der Waals surface area contributed by atoms with Crippen molar-refractivity contribution >= 4 is 17.4 Å². The Bertz CT molecular complexity index is 441. The Morgan fingerprint density at radius 2 is 2.24 bits per heavy atom. The molecule has 0 aromatic heterocycles. The maximum atomic E-state index is 11.8. The van der Waals surface area contributed by atoms with Crippen molar-refractivity contribution in [1.29, 1.82) is 0 Å². The molecule has 0 radical (unpaired) electrons. The van der Waals surface area contributed by atoms with Gasteiger partial charge in [-0.2, -0.15) is 0 Å². The minimum atomic E-state index is 0.00930. The highest BCUT2D eigenvalue weighted by Crippen LogP contribution is 2.48. The van der Waals surface area contributed by atoms with Crippen LogP contribution >= 0.6 is 11.6 Å². The molecule has 0 amide bonds. The van der Waals surface area contributed by atoms with E-state index in [9.17, 15) is 4.79 Å². The molecule has 4 heteroatoms. The van der Waals surface area contributed by atoms with Crippen molar-refractivity contribution in [3.63, 3.8) is 0 Å². The summed E-state index contributed by atoms with van der Waals surface area (Å²) in [6.45, 7) is 0.350. The van der Waals surface area contributed by atoms with Crippen LogP contribution in [-0.4, -0.2) is 19.4 Å². The molecule has 0 aliphatic heterocycles. The van der Waals surface area contributed by atoms with Crippen molar-refractivity contribution in [3.8, 4) is 5.75 Å². The Hall–Kier alpha value is -1.06. The Kier molecular flexibility index (Phi) is 3.69. The second-order valence-corrected chi connectivity index (χ2v) is 4.72. The van der Waals surface area contributed by atoms with Crippen LogP contribution in [0.15, 0.2) is 12.1 Å². The number of carbonyl (C=O) groups excluding carboxylic acids is 1. The number of hydrogen-bond acceptors (Lipinski definition) is 3. The molecule has 1 aliphatic carbocycles. The maximum absolute atomic E-state index is 11.8. The topological polar surface area (TPSA) is 52.3 Å². The highest BCUT2D eigenvalue weighted by atomic mass is 35.5. The Labute approximate surface area is 106 Å². The van der Waals surface area contributed by atoms with Crippen LogP contribution in [0.2, 0.25) is 5.02 Å². The molecule has 0 saturated heterocycles. The quantitative estimate of drug-likeness (QED) is 0.821. The molecule has 1 saturated carbocycles. The first kappa shape index (κ1) is 12.4. The highest BCUT2D eigenvalue weighted by molar-refractivity contribution is 6.32. The van der Waals surface area contributed by atoms with Crippen LogP contribution < -0.4 is 10.5 Å². The summed E-state index contributed by atoms with van der Waals surface area (Å²) in [5.74, 6) is 1.23. The van der Waals surface area contributed by atoms with E-state index < -0.39 is 0 Å². The molecule has 2 N–H and O–H groups in total. The summed E-state index contributed by atoms with van der Waals surface area (Å²) in [7, 11) is 1.61. The van der Waals surface area contributed by atoms with Gasteiger partial charge in [-0.15, -0.1) is 0 Å². The average Bonchev–Trinajstić information content (AvgIpc) is 3.12. The fraction of sp³-hybridized carbons (Fsp3) is 0.462. The standard InChI is InChI=1S/C13H16ClNO2/c1-17-12-7-9(11(16)4-5-15)6-10(14)13(12)8-2-3-8/h6-8H,2-5,15H2,1H3. The summed E-state index contributed by atoms with van der Waals surface area (Å²) in [6, 6.07) is 3.51. The molecule has 2 rings (SSSR count). The van der Waals surface area contributed by atoms with Crippen molar-refractivity contribution in [2.75, 3.05) is 13.7 Å². The van der Waals surface area contributed by atoms with Gasteiger partial charge in [0.15, 0.2) is 5.78 Å². The first-order valence-corrected chi connectivity index (χ1v) is 6.16. The predicted molar refractivity (Wildman–Crippen MR) is 68.0 cm³/mol. The summed E-state index contributed by atoms with van der Waals surface area (Å²) in [5, 5.41) is 0.632. The number of rotatable bonds is 5. The second kappa shape index (κ2) is 5.07. The van der Waals surface area contributed by atoms with Gasteiger partial charge in [0.1, 0.15) is 5.75 Å². The number of hydrogen-bond donors (Lipinski definition) is 1. The van der Waals surface area contributed by atoms with Crippen LogP contribution in [0.25, 0.3) is 0 Å². The first-order chi connectivity index (χ1) is 8.17. The molecule has 1 aromatic rings. The number of halogens is 1. The molecule has 1 aliphatic rings. The summed E-state index contributed by atoms with van der Waals surface area (Å²) in [5.41, 5.74) is 7.00. The zero-order valence-corrected chi connectivity index (χ0v) is 10.6. The zero-order chi connectivity index (χ0) is 12.4. The van der Waals surface area contributed by atoms with Crippen LogP contribution in [0.1, 0.15) is 41.1 Å². The van der Waals surface area contributed by atoms with E-state index in [1.54, 1.807) is 19.2 Å². The molecule has 3 nitrogen and oxygen atoms in total. The molecule has 17 heavy (non-hydrogen) atoms. The van der Waals surface area contributed by atoms with E-state index in [0.717, 1.165) is 24.2 Å². The number of Topliss-reactive ketones (excluding diaryl/α,β-unsaturated/α-hetero) is 1. The van der Waals surface area contributed by atoms with Gasteiger partial charge < -0.3 is 10.5 Å². The summed E-state index contributed by atoms with van der Waals surface area (Å²) in [6.07, 6.45) is 2.63. The number of ketones is 1. The monoisotopic (exact) mass is 253 g/mol. The third-order valence-electron chi connectivity index (χ3n) is 2.99. The van der Waals surface area contributed by atoms with Crippen molar-refractivity contribution in [2.45, 2.75) is 25.2 Å². The lowest BCUT2D eigenvalue weighted by Crippen LogP contribution is -2.08. The van der Waals surface area contributed by atoms with Gasteiger partial charge in [0.2, 0.25) is 0 Å². The average molecular weight is 254 g/mol. The van der Waals surface area contributed by atoms with Crippen LogP contribution in [0.5, 0.6) is 5.75 Å². The van der Waals surface area contributed by atoms with Crippen LogP contribution in [0, 0.1) is 0 Å². The summed E-state index contributed by atoms with van der Waals surface area (Å²) < 4.78 is 5.33. The Morgan fingerprint density at radius 3 is 2.76 bits per heavy atom. The fourth-order valence-electron chi connectivity index (χ4n) is 1.97. The van der Waals surface area contributed by atoms with Gasteiger partial charge in [0.25, 0.3) is 0 Å². The van der Waals surface area contributed by atoms with E-state index in [1.165, 1.54) is 0 Å². The molecule has 1 fully saturated rings. The van der Waals surface area contributed by atoms with Crippen LogP contribution in [-0.2, 0) is 0 Å². The third kappa shape index (κ3) is 2.61. The molecular formula is C13H16ClNO2. The maximum Gasteiger partial charge on any atom is 0.164 e. The number of carbonyl (C=O) groups is 1. The van der Waals surface area contributed by atoms with E-state index in [-0.39, 0.29) is 5.78 Å². The number of methoxy groups -OCH3 is 1. The van der Waals surface area contributed by atoms with Gasteiger partial charge in [-0.1, -0.05) is 11.6 Å². The van der Waals surface area contributed by atoms with Crippen molar-refractivity contribution in [2.24, 2.45) is 5.73 Å². The first-order valence-electron chi connectivity index (χ1n) is 5.78. The molecule has 1 aromatic carbocycles. The lowest BCUT2D eigenvalue weighted by atomic mass is 10.0. The van der Waals surface area contributed by atoms with Crippen molar-refractivity contribution in [1.82, 2.24) is 0 Å². The molecule has 92 valence electrons. The van der Waals surface area contributed by atoms with E-state index in [2.05, 4.69) is 0 Å². The predicted octanol–water partition coefficient (Wildman–Crippen LogP) is 2.76. The molecule has 0 spiro atoms. The summed E-state index contributed by atoms with van der Waals surface area (Å²) >= 11 is 6.23. The third-order valence-corrected chi connectivity index (χ3v) is 3.30.